The van der Waals surface area contributed by atoms with Gasteiger partial charge in [-0.05, 0) is 86.1 Å². The fraction of sp³-hybridized carbons (Fsp3) is 0.452. The second kappa shape index (κ2) is 10.3. The number of anilines is 1. The molecule has 7 heteroatoms. The van der Waals surface area contributed by atoms with Crippen LogP contribution in [0.4, 0.5) is 5.69 Å². The molecule has 2 atom stereocenters. The summed E-state index contributed by atoms with van der Waals surface area (Å²) in [4.78, 5) is 37.3. The van der Waals surface area contributed by atoms with Crippen molar-refractivity contribution in [1.29, 1.82) is 0 Å². The summed E-state index contributed by atoms with van der Waals surface area (Å²) in [5.41, 5.74) is 7.68. The SMILES string of the molecule is CCN1CCC[C@H]1CN1Cc2cc3c(cc2C1=O)CC(=C1C(=O)CC=CC1=N[C@@H](C)Cc1sccc1C)N3. The number of amides is 1. The number of ketones is 1. The number of carbonyl (C=O) groups is 2. The van der Waals surface area contributed by atoms with Crippen molar-refractivity contribution in [3.05, 3.63) is 74.1 Å². The molecule has 6 rings (SSSR count). The Kier molecular flexibility index (Phi) is 6.82. The van der Waals surface area contributed by atoms with Crippen LogP contribution < -0.4 is 5.32 Å². The van der Waals surface area contributed by atoms with E-state index in [2.05, 4.69) is 54.6 Å². The Bertz CT molecular complexity index is 1380. The molecule has 0 unspecified atom stereocenters. The maximum atomic E-state index is 13.3. The molecule has 198 valence electrons. The third kappa shape index (κ3) is 4.67. The van der Waals surface area contributed by atoms with Crippen LogP contribution in [0.5, 0.6) is 0 Å². The van der Waals surface area contributed by atoms with Gasteiger partial charge >= 0.3 is 0 Å². The fourth-order valence-corrected chi connectivity index (χ4v) is 7.43. The lowest BCUT2D eigenvalue weighted by Gasteiger charge is -2.27. The van der Waals surface area contributed by atoms with E-state index in [0.29, 0.717) is 31.0 Å². The molecule has 38 heavy (non-hydrogen) atoms. The third-order valence-corrected chi connectivity index (χ3v) is 9.47. The summed E-state index contributed by atoms with van der Waals surface area (Å²) in [5, 5.41) is 5.67. The first kappa shape index (κ1) is 25.3. The van der Waals surface area contributed by atoms with Gasteiger partial charge in [-0.15, -0.1) is 11.3 Å². The lowest BCUT2D eigenvalue weighted by atomic mass is 9.93. The van der Waals surface area contributed by atoms with E-state index in [4.69, 9.17) is 4.99 Å². The summed E-state index contributed by atoms with van der Waals surface area (Å²) in [6, 6.07) is 6.88. The first-order valence-electron chi connectivity index (χ1n) is 13.9. The number of carbonyl (C=O) groups excluding carboxylic acids is 2. The predicted molar refractivity (Wildman–Crippen MR) is 154 cm³/mol. The van der Waals surface area contributed by atoms with Gasteiger partial charge in [-0.3, -0.25) is 19.5 Å². The van der Waals surface area contributed by atoms with Crippen LogP contribution in [0.15, 0.2) is 52.0 Å². The molecule has 1 aromatic carbocycles. The number of Topliss-reactive ketones (excluding diaryl/α,β-unsaturated/α-hetero) is 1. The van der Waals surface area contributed by atoms with Crippen molar-refractivity contribution in [3.8, 4) is 0 Å². The van der Waals surface area contributed by atoms with Crippen LogP contribution >= 0.6 is 11.3 Å². The largest absolute Gasteiger partial charge is 0.358 e. The summed E-state index contributed by atoms with van der Waals surface area (Å²) in [6.07, 6.45) is 8.18. The van der Waals surface area contributed by atoms with Crippen LogP contribution in [-0.4, -0.2) is 58.9 Å². The minimum Gasteiger partial charge on any atom is -0.358 e. The van der Waals surface area contributed by atoms with Crippen molar-refractivity contribution in [3.63, 3.8) is 0 Å². The number of aliphatic imine (C=N–C) groups is 1. The molecule has 6 nitrogen and oxygen atoms in total. The van der Waals surface area contributed by atoms with E-state index in [1.165, 1.54) is 23.3 Å². The van der Waals surface area contributed by atoms with Gasteiger partial charge in [0.05, 0.1) is 17.3 Å². The molecule has 0 saturated carbocycles. The van der Waals surface area contributed by atoms with Gasteiger partial charge in [-0.25, -0.2) is 0 Å². The van der Waals surface area contributed by atoms with E-state index in [0.717, 1.165) is 59.8 Å². The topological polar surface area (TPSA) is 65.0 Å². The third-order valence-electron chi connectivity index (χ3n) is 8.42. The molecule has 3 aliphatic heterocycles. The molecule has 1 N–H and O–H groups in total. The Morgan fingerprint density at radius 2 is 2.11 bits per heavy atom. The second-order valence-corrected chi connectivity index (χ2v) is 12.1. The van der Waals surface area contributed by atoms with Crippen molar-refractivity contribution in [2.75, 3.05) is 25.0 Å². The lowest BCUT2D eigenvalue weighted by molar-refractivity contribution is -0.114. The van der Waals surface area contributed by atoms with Gasteiger partial charge in [-0.1, -0.05) is 13.0 Å². The molecule has 0 spiro atoms. The smallest absolute Gasteiger partial charge is 0.254 e. The van der Waals surface area contributed by atoms with Gasteiger partial charge in [0.1, 0.15) is 0 Å². The van der Waals surface area contributed by atoms with Gasteiger partial charge in [0, 0.05) is 60.2 Å². The molecule has 0 radical (unpaired) electrons. The van der Waals surface area contributed by atoms with Crippen molar-refractivity contribution >= 4 is 34.4 Å². The maximum Gasteiger partial charge on any atom is 0.254 e. The Morgan fingerprint density at radius 3 is 2.89 bits per heavy atom. The predicted octanol–water partition coefficient (Wildman–Crippen LogP) is 5.32. The van der Waals surface area contributed by atoms with E-state index in [1.54, 1.807) is 11.3 Å². The average Bonchev–Trinajstić information content (AvgIpc) is 3.66. The van der Waals surface area contributed by atoms with E-state index < -0.39 is 0 Å². The Labute approximate surface area is 229 Å². The molecule has 1 saturated heterocycles. The number of nitrogens with zero attached hydrogens (tertiary/aromatic N) is 3. The van der Waals surface area contributed by atoms with Crippen molar-refractivity contribution < 1.29 is 9.59 Å². The molecular formula is C31H36N4O2S. The molecule has 4 aliphatic rings. The van der Waals surface area contributed by atoms with Crippen molar-refractivity contribution in [2.45, 2.75) is 71.5 Å². The zero-order valence-electron chi connectivity index (χ0n) is 22.5. The zero-order valence-corrected chi connectivity index (χ0v) is 23.4. The van der Waals surface area contributed by atoms with E-state index in [1.807, 2.05) is 17.1 Å². The van der Waals surface area contributed by atoms with Crippen LogP contribution in [0.2, 0.25) is 0 Å². The van der Waals surface area contributed by atoms with Gasteiger partial charge in [0.2, 0.25) is 0 Å². The monoisotopic (exact) mass is 528 g/mol. The maximum absolute atomic E-state index is 13.3. The molecule has 0 bridgehead atoms. The number of likely N-dealkylation sites (N-methyl/N-ethyl adjacent to an activating group) is 1. The number of allylic oxidation sites excluding steroid dienone is 4. The lowest BCUT2D eigenvalue weighted by Crippen LogP contribution is -2.40. The van der Waals surface area contributed by atoms with Crippen LogP contribution in [0.1, 0.15) is 65.0 Å². The van der Waals surface area contributed by atoms with Crippen LogP contribution in [-0.2, 0) is 24.2 Å². The summed E-state index contributed by atoms with van der Waals surface area (Å²) >= 11 is 1.77. The molecule has 1 amide bonds. The molecule has 2 aromatic rings. The number of likely N-dealkylation sites (tertiary alicyclic amines) is 1. The van der Waals surface area contributed by atoms with Crippen LogP contribution in [0, 0.1) is 6.92 Å². The number of fused-ring (bicyclic) bond motifs is 2. The van der Waals surface area contributed by atoms with Gasteiger partial charge < -0.3 is 10.2 Å². The van der Waals surface area contributed by atoms with Crippen molar-refractivity contribution in [1.82, 2.24) is 9.80 Å². The molecule has 1 aromatic heterocycles. The molecule has 4 heterocycles. The number of hydrogen-bond acceptors (Lipinski definition) is 6. The molecule has 1 aliphatic carbocycles. The van der Waals surface area contributed by atoms with E-state index >= 15 is 0 Å². The summed E-state index contributed by atoms with van der Waals surface area (Å²) in [5.74, 6) is 0.247. The normalized spacial score (nSPS) is 24.9. The first-order chi connectivity index (χ1) is 18.4. The first-order valence-corrected chi connectivity index (χ1v) is 14.8. The van der Waals surface area contributed by atoms with Crippen molar-refractivity contribution in [2.24, 2.45) is 4.99 Å². The summed E-state index contributed by atoms with van der Waals surface area (Å²) < 4.78 is 0. The highest BCUT2D eigenvalue weighted by atomic mass is 32.1. The van der Waals surface area contributed by atoms with Gasteiger partial charge in [0.15, 0.2) is 5.78 Å². The standard InChI is InChI=1S/C31H36N4O2S/c1-4-34-11-6-7-23(34)18-35-17-22-16-26-21(14-24(22)31(35)37)15-27(33-26)30-25(8-5-9-28(30)36)32-20(3)13-29-19(2)10-12-38-29/h5,8,10,12,14,16,20,23,33H,4,6-7,9,11,13,15,17-18H2,1-3H3/t20-,23-/m0/s1. The van der Waals surface area contributed by atoms with E-state index in [-0.39, 0.29) is 17.7 Å². The Balaban J connectivity index is 1.22. The zero-order chi connectivity index (χ0) is 26.4. The Hall–Kier alpha value is -3.03. The van der Waals surface area contributed by atoms with Crippen LogP contribution in [0.3, 0.4) is 0 Å². The fourth-order valence-electron chi connectivity index (χ4n) is 6.40. The minimum absolute atomic E-state index is 0.0770. The highest BCUT2D eigenvalue weighted by Gasteiger charge is 2.35. The summed E-state index contributed by atoms with van der Waals surface area (Å²) in [6.45, 7) is 10.1. The number of benzene rings is 1. The average molecular weight is 529 g/mol. The molecular weight excluding hydrogens is 492 g/mol. The number of hydrogen-bond donors (Lipinski definition) is 1. The number of thiophene rings is 1. The highest BCUT2D eigenvalue weighted by Crippen LogP contribution is 2.37. The van der Waals surface area contributed by atoms with Gasteiger partial charge in [0.25, 0.3) is 5.91 Å². The minimum atomic E-state index is 0.0770. The van der Waals surface area contributed by atoms with Crippen LogP contribution in [0.25, 0.3) is 0 Å². The molecule has 1 fully saturated rings. The highest BCUT2D eigenvalue weighted by molar-refractivity contribution is 7.10. The number of aryl methyl sites for hydroxylation is 1. The number of rotatable bonds is 6. The summed E-state index contributed by atoms with van der Waals surface area (Å²) in [7, 11) is 0. The quantitative estimate of drug-likeness (QED) is 0.516. The van der Waals surface area contributed by atoms with E-state index in [9.17, 15) is 9.59 Å². The number of nitrogens with one attached hydrogen (secondary N) is 1. The van der Waals surface area contributed by atoms with Gasteiger partial charge in [-0.2, -0.15) is 0 Å². The Morgan fingerprint density at radius 1 is 1.24 bits per heavy atom. The second-order valence-electron chi connectivity index (χ2n) is 11.1.